The predicted molar refractivity (Wildman–Crippen MR) is 90.3 cm³/mol. The molecule has 5 heteroatoms. The summed E-state index contributed by atoms with van der Waals surface area (Å²) < 4.78 is 0. The second-order valence-electron chi connectivity index (χ2n) is 5.98. The molecule has 1 aromatic heterocycles. The fourth-order valence-corrected chi connectivity index (χ4v) is 2.71. The zero-order chi connectivity index (χ0) is 16.8. The smallest absolute Gasteiger partial charge is 0.326 e. The highest BCUT2D eigenvalue weighted by molar-refractivity contribution is 5.84. The fraction of sp³-hybridized carbons (Fsp3) is 0.444. The highest BCUT2D eigenvalue weighted by Crippen LogP contribution is 2.19. The number of para-hydroxylation sites is 1. The van der Waals surface area contributed by atoms with Gasteiger partial charge in [0.2, 0.25) is 5.91 Å². The quantitative estimate of drug-likeness (QED) is 0.700. The van der Waals surface area contributed by atoms with Crippen LogP contribution in [0.2, 0.25) is 0 Å². The first-order valence-corrected chi connectivity index (χ1v) is 8.10. The average molecular weight is 316 g/mol. The number of benzene rings is 1. The predicted octanol–water partition coefficient (Wildman–Crippen LogP) is 3.11. The Morgan fingerprint density at radius 3 is 2.74 bits per heavy atom. The van der Waals surface area contributed by atoms with Gasteiger partial charge in [-0.25, -0.2) is 4.79 Å². The monoisotopic (exact) mass is 316 g/mol. The summed E-state index contributed by atoms with van der Waals surface area (Å²) in [7, 11) is 0. The van der Waals surface area contributed by atoms with Crippen molar-refractivity contribution in [1.82, 2.24) is 10.3 Å². The van der Waals surface area contributed by atoms with Crippen LogP contribution < -0.4 is 5.32 Å². The molecule has 0 aliphatic heterocycles. The summed E-state index contributed by atoms with van der Waals surface area (Å²) in [5, 5.41) is 13.0. The number of hydrogen-bond acceptors (Lipinski definition) is 2. The maximum absolute atomic E-state index is 12.0. The Balaban J connectivity index is 1.86. The molecule has 5 nitrogen and oxygen atoms in total. The third-order valence-electron chi connectivity index (χ3n) is 4.32. The molecule has 2 unspecified atom stereocenters. The lowest BCUT2D eigenvalue weighted by atomic mass is 9.99. The molecular formula is C18H24N2O3. The highest BCUT2D eigenvalue weighted by Gasteiger charge is 2.24. The Bertz CT molecular complexity index is 678. The lowest BCUT2D eigenvalue weighted by molar-refractivity contribution is -0.143. The lowest BCUT2D eigenvalue weighted by Crippen LogP contribution is -2.44. The molecule has 0 saturated heterocycles. The van der Waals surface area contributed by atoms with Crippen molar-refractivity contribution in [2.45, 2.75) is 45.6 Å². The Morgan fingerprint density at radius 1 is 1.30 bits per heavy atom. The molecule has 124 valence electrons. The Morgan fingerprint density at radius 2 is 2.04 bits per heavy atom. The number of fused-ring (bicyclic) bond motifs is 1. The number of H-pyrrole nitrogens is 1. The van der Waals surface area contributed by atoms with Crippen LogP contribution >= 0.6 is 0 Å². The molecule has 2 atom stereocenters. The second-order valence-corrected chi connectivity index (χ2v) is 5.98. The molecular weight excluding hydrogens is 292 g/mol. The molecule has 23 heavy (non-hydrogen) atoms. The van der Waals surface area contributed by atoms with Crippen LogP contribution in [0.4, 0.5) is 0 Å². The fourth-order valence-electron chi connectivity index (χ4n) is 2.71. The number of aromatic nitrogens is 1. The van der Waals surface area contributed by atoms with Gasteiger partial charge in [0.05, 0.1) is 0 Å². The number of carbonyl (C=O) groups is 2. The summed E-state index contributed by atoms with van der Waals surface area (Å²) in [6.45, 7) is 3.76. The molecule has 0 radical (unpaired) electrons. The van der Waals surface area contributed by atoms with Crippen LogP contribution in [0.1, 0.15) is 38.7 Å². The van der Waals surface area contributed by atoms with Crippen LogP contribution in [0, 0.1) is 5.92 Å². The van der Waals surface area contributed by atoms with Crippen molar-refractivity contribution >= 4 is 22.8 Å². The Hall–Kier alpha value is -2.30. The van der Waals surface area contributed by atoms with E-state index in [2.05, 4.69) is 16.4 Å². The second kappa shape index (κ2) is 7.81. The van der Waals surface area contributed by atoms with Gasteiger partial charge in [-0.2, -0.15) is 0 Å². The van der Waals surface area contributed by atoms with Gasteiger partial charge in [-0.1, -0.05) is 38.5 Å². The summed E-state index contributed by atoms with van der Waals surface area (Å²) in [5.74, 6) is -1.24. The Labute approximate surface area is 136 Å². The molecule has 0 bridgehead atoms. The topological polar surface area (TPSA) is 82.2 Å². The average Bonchev–Trinajstić information content (AvgIpc) is 2.95. The van der Waals surface area contributed by atoms with Gasteiger partial charge >= 0.3 is 5.97 Å². The van der Waals surface area contributed by atoms with Gasteiger partial charge in [-0.3, -0.25) is 4.79 Å². The highest BCUT2D eigenvalue weighted by atomic mass is 16.4. The number of amides is 1. The van der Waals surface area contributed by atoms with Gasteiger partial charge < -0.3 is 15.4 Å². The van der Waals surface area contributed by atoms with Crippen molar-refractivity contribution < 1.29 is 14.7 Å². The molecule has 0 aliphatic carbocycles. The standard InChI is InChI=1S/C18H24N2O3/c1-3-12(2)17(18(22)23)20-16(21)10-6-7-13-11-19-15-9-5-4-8-14(13)15/h4-5,8-9,11-12,17,19H,3,6-7,10H2,1-2H3,(H,20,21)(H,22,23). The van der Waals surface area contributed by atoms with E-state index in [4.69, 9.17) is 0 Å². The number of hydrogen-bond donors (Lipinski definition) is 3. The van der Waals surface area contributed by atoms with Gasteiger partial charge in [0.25, 0.3) is 0 Å². The van der Waals surface area contributed by atoms with E-state index in [9.17, 15) is 14.7 Å². The van der Waals surface area contributed by atoms with E-state index in [0.717, 1.165) is 11.9 Å². The molecule has 3 N–H and O–H groups in total. The Kier molecular flexibility index (Phi) is 5.79. The maximum atomic E-state index is 12.0. The first-order chi connectivity index (χ1) is 11.0. The number of aromatic amines is 1. The van der Waals surface area contributed by atoms with Crippen molar-refractivity contribution in [3.63, 3.8) is 0 Å². The van der Waals surface area contributed by atoms with E-state index >= 15 is 0 Å². The van der Waals surface area contributed by atoms with Crippen LogP contribution in [0.3, 0.4) is 0 Å². The number of aliphatic carboxylic acids is 1. The van der Waals surface area contributed by atoms with Crippen LogP contribution in [0.5, 0.6) is 0 Å². The minimum absolute atomic E-state index is 0.0786. The third kappa shape index (κ3) is 4.34. The zero-order valence-electron chi connectivity index (χ0n) is 13.6. The summed E-state index contributed by atoms with van der Waals surface area (Å²) in [5.41, 5.74) is 2.28. The van der Waals surface area contributed by atoms with Crippen molar-refractivity contribution in [2.75, 3.05) is 0 Å². The van der Waals surface area contributed by atoms with Crippen molar-refractivity contribution in [3.8, 4) is 0 Å². The van der Waals surface area contributed by atoms with Gasteiger partial charge in [-0.05, 0) is 30.4 Å². The van der Waals surface area contributed by atoms with Crippen LogP contribution in [0.25, 0.3) is 10.9 Å². The summed E-state index contributed by atoms with van der Waals surface area (Å²) in [6.07, 6.45) is 4.51. The molecule has 0 fully saturated rings. The molecule has 2 aromatic rings. The number of carbonyl (C=O) groups excluding carboxylic acids is 1. The minimum atomic E-state index is -0.968. The van der Waals surface area contributed by atoms with E-state index in [0.29, 0.717) is 19.3 Å². The molecule has 0 spiro atoms. The van der Waals surface area contributed by atoms with Gasteiger partial charge in [0.15, 0.2) is 0 Å². The van der Waals surface area contributed by atoms with Crippen LogP contribution in [-0.2, 0) is 16.0 Å². The number of aryl methyl sites for hydroxylation is 1. The van der Waals surface area contributed by atoms with E-state index < -0.39 is 12.0 Å². The van der Waals surface area contributed by atoms with E-state index in [1.165, 1.54) is 10.9 Å². The zero-order valence-corrected chi connectivity index (χ0v) is 13.6. The molecule has 0 aliphatic rings. The van der Waals surface area contributed by atoms with Gasteiger partial charge in [0.1, 0.15) is 6.04 Å². The normalized spacial score (nSPS) is 13.7. The molecule has 1 aromatic carbocycles. The van der Waals surface area contributed by atoms with E-state index in [1.54, 1.807) is 0 Å². The van der Waals surface area contributed by atoms with Crippen LogP contribution in [-0.4, -0.2) is 28.0 Å². The number of nitrogens with one attached hydrogen (secondary N) is 2. The number of carboxylic acid groups (broad SMARTS) is 1. The van der Waals surface area contributed by atoms with Crippen molar-refractivity contribution in [2.24, 2.45) is 5.92 Å². The lowest BCUT2D eigenvalue weighted by Gasteiger charge is -2.20. The van der Waals surface area contributed by atoms with Crippen molar-refractivity contribution in [3.05, 3.63) is 36.0 Å². The molecule has 0 saturated carbocycles. The third-order valence-corrected chi connectivity index (χ3v) is 4.32. The van der Waals surface area contributed by atoms with Gasteiger partial charge in [-0.15, -0.1) is 0 Å². The maximum Gasteiger partial charge on any atom is 0.326 e. The molecule has 2 rings (SSSR count). The van der Waals surface area contributed by atoms with Gasteiger partial charge in [0, 0.05) is 23.5 Å². The molecule has 1 amide bonds. The SMILES string of the molecule is CCC(C)C(NC(=O)CCCc1c[nH]c2ccccc12)C(=O)O. The first kappa shape index (κ1) is 17.1. The van der Waals surface area contributed by atoms with Crippen LogP contribution in [0.15, 0.2) is 30.5 Å². The molecule has 1 heterocycles. The minimum Gasteiger partial charge on any atom is -0.480 e. The summed E-state index contributed by atoms with van der Waals surface area (Å²) in [6, 6.07) is 7.26. The summed E-state index contributed by atoms with van der Waals surface area (Å²) in [4.78, 5) is 26.4. The van der Waals surface area contributed by atoms with E-state index in [1.807, 2.05) is 38.2 Å². The number of carboxylic acids is 1. The number of rotatable bonds is 8. The largest absolute Gasteiger partial charge is 0.480 e. The van der Waals surface area contributed by atoms with E-state index in [-0.39, 0.29) is 11.8 Å². The summed E-state index contributed by atoms with van der Waals surface area (Å²) >= 11 is 0. The first-order valence-electron chi connectivity index (χ1n) is 8.10. The van der Waals surface area contributed by atoms with Crippen molar-refractivity contribution in [1.29, 1.82) is 0 Å².